The van der Waals surface area contributed by atoms with Crippen LogP contribution < -0.4 is 24.8 Å². The fourth-order valence-electron chi connectivity index (χ4n) is 5.62. The molecule has 0 spiro atoms. The molecule has 2 fully saturated rings. The predicted molar refractivity (Wildman–Crippen MR) is 94.8 cm³/mol. The van der Waals surface area contributed by atoms with Gasteiger partial charge >= 0.3 is 154 Å². The summed E-state index contributed by atoms with van der Waals surface area (Å²) < 4.78 is 1.98. The quantitative estimate of drug-likeness (QED) is 0.558. The van der Waals surface area contributed by atoms with Gasteiger partial charge in [-0.3, -0.25) is 0 Å². The molecule has 0 bridgehead atoms. The van der Waals surface area contributed by atoms with Crippen molar-refractivity contribution in [3.8, 4) is 0 Å². The van der Waals surface area contributed by atoms with Gasteiger partial charge in [0, 0.05) is 0 Å². The molecule has 0 saturated heterocycles. The van der Waals surface area contributed by atoms with E-state index in [1.165, 1.54) is 12.8 Å². The van der Waals surface area contributed by atoms with Crippen LogP contribution in [0.3, 0.4) is 0 Å². The summed E-state index contributed by atoms with van der Waals surface area (Å²) in [6, 6.07) is 0. The number of allylic oxidation sites excluding steroid dienone is 8. The van der Waals surface area contributed by atoms with E-state index in [1.807, 2.05) is 11.1 Å². The van der Waals surface area contributed by atoms with Gasteiger partial charge in [0.25, 0.3) is 0 Å². The van der Waals surface area contributed by atoms with Gasteiger partial charge in [0.15, 0.2) is 0 Å². The maximum Gasteiger partial charge on any atom is -1.00 e. The van der Waals surface area contributed by atoms with E-state index in [1.54, 1.807) is 0 Å². The number of halogens is 2. The van der Waals surface area contributed by atoms with Crippen molar-refractivity contribution in [1.29, 1.82) is 0 Å². The predicted octanol–water partition coefficient (Wildman–Crippen LogP) is 0.231. The van der Waals surface area contributed by atoms with Gasteiger partial charge in [0.05, 0.1) is 0 Å². The summed E-state index contributed by atoms with van der Waals surface area (Å²) in [5.74, 6) is 5.15. The minimum Gasteiger partial charge on any atom is -1.00 e. The van der Waals surface area contributed by atoms with Crippen molar-refractivity contribution in [3.63, 3.8) is 0 Å². The second-order valence-corrected chi connectivity index (χ2v) is 12.5. The fraction of sp³-hybridized carbons (Fsp3) is 0.636. The van der Waals surface area contributed by atoms with Crippen molar-refractivity contribution in [2.75, 3.05) is 0 Å². The normalized spacial score (nSPS) is 43.8. The van der Waals surface area contributed by atoms with Crippen molar-refractivity contribution < 1.29 is 48.0 Å². The third-order valence-corrected chi connectivity index (χ3v) is 13.2. The van der Waals surface area contributed by atoms with Crippen molar-refractivity contribution >= 4 is 0 Å². The molecule has 0 aromatic rings. The number of fused-ring (bicyclic) bond motifs is 2. The van der Waals surface area contributed by atoms with E-state index in [4.69, 9.17) is 0 Å². The molecule has 3 heteroatoms. The van der Waals surface area contributed by atoms with Crippen LogP contribution >= 0.6 is 0 Å². The summed E-state index contributed by atoms with van der Waals surface area (Å²) in [5.41, 5.74) is 3.71. The maximum atomic E-state index is 2.55. The molecule has 8 atom stereocenters. The summed E-state index contributed by atoms with van der Waals surface area (Å²) in [6.45, 7) is 9.95. The topological polar surface area (TPSA) is 0 Å². The molecule has 0 aliphatic heterocycles. The van der Waals surface area contributed by atoms with Gasteiger partial charge in [-0.2, -0.15) is 0 Å². The van der Waals surface area contributed by atoms with Crippen LogP contribution in [0, 0.1) is 35.5 Å². The van der Waals surface area contributed by atoms with Crippen LogP contribution in [0.25, 0.3) is 0 Å². The van der Waals surface area contributed by atoms with Crippen LogP contribution in [-0.4, -0.2) is 0 Å². The zero-order valence-electron chi connectivity index (χ0n) is 15.8. The second kappa shape index (κ2) is 8.62. The Labute approximate surface area is 178 Å². The molecule has 4 aliphatic rings. The van der Waals surface area contributed by atoms with Crippen LogP contribution in [0.2, 0.25) is 7.25 Å². The van der Waals surface area contributed by atoms with E-state index in [0.717, 1.165) is 42.8 Å². The van der Waals surface area contributed by atoms with E-state index >= 15 is 0 Å². The molecule has 0 nitrogen and oxygen atoms in total. The van der Waals surface area contributed by atoms with Gasteiger partial charge in [-0.05, 0) is 0 Å². The van der Waals surface area contributed by atoms with Crippen LogP contribution in [0.5, 0.6) is 0 Å². The zero-order valence-corrected chi connectivity index (χ0v) is 19.7. The molecule has 25 heavy (non-hydrogen) atoms. The van der Waals surface area contributed by atoms with Gasteiger partial charge in [0.1, 0.15) is 0 Å². The second-order valence-electron chi connectivity index (χ2n) is 8.58. The van der Waals surface area contributed by atoms with Crippen molar-refractivity contribution in [1.82, 2.24) is 0 Å². The Hall–Kier alpha value is 0.423. The maximum absolute atomic E-state index is 2.55. The van der Waals surface area contributed by atoms with E-state index in [0.29, 0.717) is 0 Å². The molecule has 0 radical (unpaired) electrons. The van der Waals surface area contributed by atoms with Crippen LogP contribution in [0.1, 0.15) is 40.5 Å². The van der Waals surface area contributed by atoms with Crippen molar-refractivity contribution in [3.05, 3.63) is 47.6 Å². The van der Waals surface area contributed by atoms with Gasteiger partial charge < -0.3 is 24.8 Å². The molecular weight excluding hydrogens is 426 g/mol. The Bertz CT molecular complexity index is 551. The van der Waals surface area contributed by atoms with Crippen molar-refractivity contribution in [2.45, 2.75) is 47.8 Å². The number of hydrogen-bond donors (Lipinski definition) is 0. The Morgan fingerprint density at radius 1 is 0.720 bits per heavy atom. The molecule has 0 aromatic carbocycles. The van der Waals surface area contributed by atoms with Gasteiger partial charge in [-0.15, -0.1) is 0 Å². The molecule has 0 aromatic heterocycles. The fourth-order valence-corrected chi connectivity index (χ4v) is 11.3. The van der Waals surface area contributed by atoms with E-state index in [2.05, 4.69) is 64.2 Å². The Balaban J connectivity index is 0.00000113. The van der Waals surface area contributed by atoms with Crippen molar-refractivity contribution in [2.24, 2.45) is 35.5 Å². The number of rotatable bonds is 2. The summed E-state index contributed by atoms with van der Waals surface area (Å²) >= 11 is -0.450. The first-order valence-corrected chi connectivity index (χ1v) is 12.4. The monoisotopic (exact) mass is 454 g/mol. The summed E-state index contributed by atoms with van der Waals surface area (Å²) in [5, 5.41) is 0. The summed E-state index contributed by atoms with van der Waals surface area (Å²) in [4.78, 5) is 0. The molecule has 136 valence electrons. The SMILES string of the molecule is CC1C=CC=C2C1CC(C)[CH]2[Zr+2][CH]1C2=CC=CC(C)C2CC1C.[Cl-].[Cl-]. The summed E-state index contributed by atoms with van der Waals surface area (Å²) in [6.07, 6.45) is 17.5. The third-order valence-electron chi connectivity index (χ3n) is 7.00. The molecule has 2 saturated carbocycles. The molecule has 0 N–H and O–H groups in total. The Kier molecular flexibility index (Phi) is 7.49. The molecule has 0 amide bonds. The van der Waals surface area contributed by atoms with Gasteiger partial charge in [0.2, 0.25) is 0 Å². The Morgan fingerprint density at radius 3 is 1.52 bits per heavy atom. The number of hydrogen-bond acceptors (Lipinski definition) is 0. The van der Waals surface area contributed by atoms with Crippen LogP contribution in [0.4, 0.5) is 0 Å². The minimum atomic E-state index is -0.450. The van der Waals surface area contributed by atoms with E-state index in [9.17, 15) is 0 Å². The van der Waals surface area contributed by atoms with Gasteiger partial charge in [-0.1, -0.05) is 0 Å². The zero-order chi connectivity index (χ0) is 16.1. The third kappa shape index (κ3) is 3.86. The first-order valence-electron chi connectivity index (χ1n) is 9.59. The van der Waals surface area contributed by atoms with Crippen LogP contribution in [0.15, 0.2) is 47.6 Å². The standard InChI is InChI=1S/2C11H15.2ClH.Zr/c2*1-8-6-10-5-3-4-9(2)11(10)7-8;;;/h2*3-6,8-9,11H,7H2,1-2H3;2*1H;/q;;;;+2/p-2. The Morgan fingerprint density at radius 2 is 1.12 bits per heavy atom. The first kappa shape index (κ1) is 21.7. The first-order chi connectivity index (χ1) is 11.1. The molecular formula is C22H30Cl2Zr. The minimum absolute atomic E-state index is 0. The molecule has 0 heterocycles. The molecule has 8 unspecified atom stereocenters. The smallest absolute Gasteiger partial charge is 1.00 e. The average Bonchev–Trinajstić information content (AvgIpc) is 3.01. The largest absolute Gasteiger partial charge is 1.00 e. The van der Waals surface area contributed by atoms with E-state index < -0.39 is 23.2 Å². The molecule has 4 aliphatic carbocycles. The van der Waals surface area contributed by atoms with E-state index in [-0.39, 0.29) is 24.8 Å². The summed E-state index contributed by atoms with van der Waals surface area (Å²) in [7, 11) is 0. The molecule has 4 rings (SSSR count). The van der Waals surface area contributed by atoms with Gasteiger partial charge in [-0.25, -0.2) is 0 Å². The average molecular weight is 457 g/mol. The van der Waals surface area contributed by atoms with Crippen LogP contribution in [-0.2, 0) is 23.2 Å².